The van der Waals surface area contributed by atoms with Gasteiger partial charge in [0.2, 0.25) is 10.0 Å². The molecule has 0 aromatic heterocycles. The van der Waals surface area contributed by atoms with Gasteiger partial charge in [-0.15, -0.1) is 0 Å². The quantitative estimate of drug-likeness (QED) is 0.746. The van der Waals surface area contributed by atoms with Crippen LogP contribution in [0.3, 0.4) is 0 Å². The minimum Gasteiger partial charge on any atom is -0.384 e. The van der Waals surface area contributed by atoms with E-state index in [1.54, 1.807) is 12.1 Å². The lowest BCUT2D eigenvalue weighted by atomic mass is 10.3. The lowest BCUT2D eigenvalue weighted by molar-refractivity contribution is 0.581. The number of para-hydroxylation sites is 1. The van der Waals surface area contributed by atoms with E-state index in [0.717, 1.165) is 32.2 Å². The van der Waals surface area contributed by atoms with E-state index in [2.05, 4.69) is 17.0 Å². The van der Waals surface area contributed by atoms with E-state index in [1.165, 1.54) is 0 Å². The number of anilines is 1. The lowest BCUT2D eigenvalue weighted by Gasteiger charge is -2.12. The Morgan fingerprint density at radius 2 is 2.00 bits per heavy atom. The molecule has 0 amide bonds. The first-order valence-electron chi connectivity index (χ1n) is 6.48. The molecule has 2 rings (SSSR count). The second-order valence-corrected chi connectivity index (χ2v) is 6.35. The maximum atomic E-state index is 12.2. The van der Waals surface area contributed by atoms with Crippen LogP contribution < -0.4 is 10.0 Å². The van der Waals surface area contributed by atoms with Gasteiger partial charge in [0.1, 0.15) is 4.90 Å². The minimum absolute atomic E-state index is 0.138. The van der Waals surface area contributed by atoms with Crippen LogP contribution in [0.25, 0.3) is 0 Å². The Hall–Kier alpha value is -1.07. The van der Waals surface area contributed by atoms with Crippen molar-refractivity contribution >= 4 is 15.7 Å². The average Bonchev–Trinajstić information content (AvgIpc) is 3.13. The summed E-state index contributed by atoms with van der Waals surface area (Å²) in [5, 5.41) is 3.19. The molecule has 1 aliphatic carbocycles. The van der Waals surface area contributed by atoms with Crippen molar-refractivity contribution in [3.05, 3.63) is 24.3 Å². The van der Waals surface area contributed by atoms with Crippen LogP contribution in [0.5, 0.6) is 0 Å². The lowest BCUT2D eigenvalue weighted by Crippen LogP contribution is -2.26. The van der Waals surface area contributed by atoms with Crippen molar-refractivity contribution in [2.45, 2.75) is 43.5 Å². The monoisotopic (exact) mass is 268 g/mol. The van der Waals surface area contributed by atoms with Crippen LogP contribution in [0.15, 0.2) is 29.2 Å². The molecule has 0 unspecified atom stereocenters. The molecule has 5 heteroatoms. The molecule has 2 N–H and O–H groups in total. The van der Waals surface area contributed by atoms with E-state index in [1.807, 2.05) is 12.1 Å². The number of benzene rings is 1. The summed E-state index contributed by atoms with van der Waals surface area (Å²) in [7, 11) is -3.38. The molecule has 1 fully saturated rings. The van der Waals surface area contributed by atoms with E-state index < -0.39 is 10.0 Å². The highest BCUT2D eigenvalue weighted by Crippen LogP contribution is 2.25. The highest BCUT2D eigenvalue weighted by molar-refractivity contribution is 7.89. The Bertz CT molecular complexity index is 495. The molecule has 0 heterocycles. The molecule has 0 bridgehead atoms. The number of unbranched alkanes of at least 4 members (excludes halogenated alkanes) is 1. The summed E-state index contributed by atoms with van der Waals surface area (Å²) in [5.74, 6) is 0. The zero-order valence-corrected chi connectivity index (χ0v) is 11.5. The van der Waals surface area contributed by atoms with E-state index in [-0.39, 0.29) is 6.04 Å². The molecular formula is C13H20N2O2S. The zero-order valence-electron chi connectivity index (χ0n) is 10.6. The smallest absolute Gasteiger partial charge is 0.242 e. The van der Waals surface area contributed by atoms with Crippen molar-refractivity contribution in [2.75, 3.05) is 11.9 Å². The number of nitrogens with one attached hydrogen (secondary N) is 2. The van der Waals surface area contributed by atoms with Crippen molar-refractivity contribution in [2.24, 2.45) is 0 Å². The predicted molar refractivity (Wildman–Crippen MR) is 73.2 cm³/mol. The van der Waals surface area contributed by atoms with E-state index in [9.17, 15) is 8.42 Å². The van der Waals surface area contributed by atoms with Gasteiger partial charge in [-0.05, 0) is 31.4 Å². The first-order valence-corrected chi connectivity index (χ1v) is 7.97. The van der Waals surface area contributed by atoms with Gasteiger partial charge in [0.25, 0.3) is 0 Å². The Labute approximate surface area is 109 Å². The van der Waals surface area contributed by atoms with Crippen molar-refractivity contribution < 1.29 is 8.42 Å². The molecule has 1 aliphatic rings. The number of hydrogen-bond acceptors (Lipinski definition) is 3. The molecule has 0 spiro atoms. The summed E-state index contributed by atoms with van der Waals surface area (Å²) in [6, 6.07) is 7.21. The third kappa shape index (κ3) is 3.46. The van der Waals surface area contributed by atoms with E-state index >= 15 is 0 Å². The first-order chi connectivity index (χ1) is 8.63. The second-order valence-electron chi connectivity index (χ2n) is 4.67. The maximum Gasteiger partial charge on any atom is 0.242 e. The molecule has 1 aromatic rings. The van der Waals surface area contributed by atoms with Gasteiger partial charge in [-0.25, -0.2) is 13.1 Å². The van der Waals surface area contributed by atoms with Crippen molar-refractivity contribution in [1.29, 1.82) is 0 Å². The zero-order chi connectivity index (χ0) is 13.0. The Morgan fingerprint density at radius 1 is 1.28 bits per heavy atom. The third-order valence-electron chi connectivity index (χ3n) is 2.92. The van der Waals surface area contributed by atoms with Crippen LogP contribution in [0, 0.1) is 0 Å². The number of sulfonamides is 1. The van der Waals surface area contributed by atoms with Gasteiger partial charge in [0.05, 0.1) is 5.69 Å². The van der Waals surface area contributed by atoms with Gasteiger partial charge in [0, 0.05) is 12.6 Å². The summed E-state index contributed by atoms with van der Waals surface area (Å²) >= 11 is 0. The Balaban J connectivity index is 2.15. The van der Waals surface area contributed by atoms with Crippen molar-refractivity contribution in [1.82, 2.24) is 4.72 Å². The van der Waals surface area contributed by atoms with Crippen LogP contribution in [-0.2, 0) is 10.0 Å². The van der Waals surface area contributed by atoms with Crippen LogP contribution >= 0.6 is 0 Å². The SMILES string of the molecule is CCCCNc1ccccc1S(=O)(=O)NC1CC1. The standard InChI is InChI=1S/C13H20N2O2S/c1-2-3-10-14-12-6-4-5-7-13(12)18(16,17)15-11-8-9-11/h4-7,11,14-15H,2-3,8-10H2,1H3. The van der Waals surface area contributed by atoms with Gasteiger partial charge >= 0.3 is 0 Å². The van der Waals surface area contributed by atoms with Gasteiger partial charge in [0.15, 0.2) is 0 Å². The van der Waals surface area contributed by atoms with Crippen LogP contribution in [0.2, 0.25) is 0 Å². The molecule has 0 radical (unpaired) electrons. The Kier molecular flexibility index (Phi) is 4.24. The highest BCUT2D eigenvalue weighted by atomic mass is 32.2. The van der Waals surface area contributed by atoms with Gasteiger partial charge in [-0.2, -0.15) is 0 Å². The fourth-order valence-corrected chi connectivity index (χ4v) is 3.22. The summed E-state index contributed by atoms with van der Waals surface area (Å²) in [4.78, 5) is 0.355. The molecular weight excluding hydrogens is 248 g/mol. The topological polar surface area (TPSA) is 58.2 Å². The average molecular weight is 268 g/mol. The van der Waals surface area contributed by atoms with Crippen LogP contribution in [0.4, 0.5) is 5.69 Å². The third-order valence-corrected chi connectivity index (χ3v) is 4.50. The first kappa shape index (κ1) is 13.4. The maximum absolute atomic E-state index is 12.2. The number of rotatable bonds is 7. The highest BCUT2D eigenvalue weighted by Gasteiger charge is 2.29. The molecule has 100 valence electrons. The van der Waals surface area contributed by atoms with E-state index in [0.29, 0.717) is 10.6 Å². The van der Waals surface area contributed by atoms with Crippen LogP contribution in [0.1, 0.15) is 32.6 Å². The Morgan fingerprint density at radius 3 is 2.67 bits per heavy atom. The molecule has 1 saturated carbocycles. The summed E-state index contributed by atoms with van der Waals surface area (Å²) in [6.45, 7) is 2.91. The molecule has 18 heavy (non-hydrogen) atoms. The van der Waals surface area contributed by atoms with E-state index in [4.69, 9.17) is 0 Å². The number of hydrogen-bond donors (Lipinski definition) is 2. The molecule has 0 atom stereocenters. The molecule has 1 aromatic carbocycles. The molecule has 0 aliphatic heterocycles. The van der Waals surface area contributed by atoms with Gasteiger partial charge in [-0.1, -0.05) is 25.5 Å². The summed E-state index contributed by atoms with van der Waals surface area (Å²) in [5.41, 5.74) is 0.694. The summed E-state index contributed by atoms with van der Waals surface area (Å²) in [6.07, 6.45) is 4.02. The predicted octanol–water partition coefficient (Wildman–Crippen LogP) is 2.34. The minimum atomic E-state index is -3.38. The normalized spacial score (nSPS) is 15.6. The fraction of sp³-hybridized carbons (Fsp3) is 0.538. The summed E-state index contributed by atoms with van der Waals surface area (Å²) < 4.78 is 27.1. The largest absolute Gasteiger partial charge is 0.384 e. The van der Waals surface area contributed by atoms with Gasteiger partial charge in [-0.3, -0.25) is 0 Å². The van der Waals surface area contributed by atoms with Crippen molar-refractivity contribution in [3.8, 4) is 0 Å². The molecule has 0 saturated heterocycles. The van der Waals surface area contributed by atoms with Crippen molar-refractivity contribution in [3.63, 3.8) is 0 Å². The molecule has 4 nitrogen and oxygen atoms in total. The second kappa shape index (κ2) is 5.71. The van der Waals surface area contributed by atoms with Gasteiger partial charge < -0.3 is 5.32 Å². The fourth-order valence-electron chi connectivity index (χ4n) is 1.73. The van der Waals surface area contributed by atoms with Crippen LogP contribution in [-0.4, -0.2) is 21.0 Å².